The molecule has 0 radical (unpaired) electrons. The average molecular weight is 444 g/mol. The maximum absolute atomic E-state index is 13.3. The Balaban J connectivity index is 1.76. The smallest absolute Gasteiger partial charge is 0.307 e. The predicted octanol–water partition coefficient (Wildman–Crippen LogP) is 4.73. The van der Waals surface area contributed by atoms with Gasteiger partial charge < -0.3 is 10.4 Å². The van der Waals surface area contributed by atoms with Crippen molar-refractivity contribution in [3.8, 4) is 0 Å². The molecule has 0 atom stereocenters. The number of benzene rings is 2. The van der Waals surface area contributed by atoms with Crippen LogP contribution in [-0.2, 0) is 30.6 Å². The number of aliphatic carboxylic acids is 1. The molecule has 0 aliphatic heterocycles. The van der Waals surface area contributed by atoms with E-state index in [2.05, 4.69) is 10.4 Å². The van der Waals surface area contributed by atoms with Gasteiger partial charge in [-0.1, -0.05) is 37.6 Å². The Kier molecular flexibility index (Phi) is 7.07. The zero-order valence-corrected chi connectivity index (χ0v) is 18.0. The summed E-state index contributed by atoms with van der Waals surface area (Å²) in [5, 5.41) is 16.5. The summed E-state index contributed by atoms with van der Waals surface area (Å²) in [5.41, 5.74) is 4.28. The van der Waals surface area contributed by atoms with E-state index in [1.807, 2.05) is 30.7 Å². The van der Waals surface area contributed by atoms with Crippen LogP contribution in [0.2, 0.25) is 5.02 Å². The van der Waals surface area contributed by atoms with Crippen LogP contribution < -0.4 is 5.32 Å². The Hall–Kier alpha value is -3.19. The van der Waals surface area contributed by atoms with Crippen LogP contribution in [0.4, 0.5) is 10.1 Å². The van der Waals surface area contributed by atoms with Gasteiger partial charge in [0.2, 0.25) is 0 Å². The van der Waals surface area contributed by atoms with Gasteiger partial charge in [0.25, 0.3) is 5.91 Å². The van der Waals surface area contributed by atoms with E-state index in [1.54, 1.807) is 12.1 Å². The monoisotopic (exact) mass is 443 g/mol. The summed E-state index contributed by atoms with van der Waals surface area (Å²) >= 11 is 5.75. The zero-order valence-electron chi connectivity index (χ0n) is 17.3. The number of aromatic nitrogens is 2. The first-order valence-corrected chi connectivity index (χ1v) is 10.3. The predicted molar refractivity (Wildman–Crippen MR) is 117 cm³/mol. The fraction of sp³-hybridized carbons (Fsp3) is 0.261. The van der Waals surface area contributed by atoms with Gasteiger partial charge in [-0.05, 0) is 48.7 Å². The van der Waals surface area contributed by atoms with Crippen LogP contribution in [0.25, 0.3) is 0 Å². The molecule has 162 valence electrons. The Morgan fingerprint density at radius 1 is 1.13 bits per heavy atom. The molecular formula is C23H23ClFN3O3. The number of anilines is 1. The van der Waals surface area contributed by atoms with E-state index in [1.165, 1.54) is 18.2 Å². The van der Waals surface area contributed by atoms with Gasteiger partial charge in [-0.25, -0.2) is 4.39 Å². The molecule has 0 saturated heterocycles. The standard InChI is InChI=1S/C23H23ClFN3O3/c1-3-20-17(12-22(29)30)21(4-2)28(27-20)13-14-5-7-15(8-6-14)23(31)26-16-9-10-19(25)18(24)11-16/h5-11H,3-4,12-13H2,1-2H3,(H,26,31)(H,29,30). The molecule has 1 amide bonds. The molecule has 0 aliphatic rings. The molecule has 0 fully saturated rings. The van der Waals surface area contributed by atoms with Gasteiger partial charge >= 0.3 is 5.97 Å². The maximum atomic E-state index is 13.3. The molecule has 2 aromatic carbocycles. The number of carbonyl (C=O) groups excluding carboxylic acids is 1. The normalized spacial score (nSPS) is 10.8. The van der Waals surface area contributed by atoms with Gasteiger partial charge in [-0.15, -0.1) is 0 Å². The van der Waals surface area contributed by atoms with Crippen LogP contribution >= 0.6 is 11.6 Å². The molecule has 1 heterocycles. The number of carbonyl (C=O) groups is 2. The quantitative estimate of drug-likeness (QED) is 0.527. The SMILES string of the molecule is CCc1nn(Cc2ccc(C(=O)Nc3ccc(F)c(Cl)c3)cc2)c(CC)c1CC(=O)O. The number of nitrogens with zero attached hydrogens (tertiary/aromatic N) is 2. The van der Waals surface area contributed by atoms with Gasteiger partial charge in [0.1, 0.15) is 5.82 Å². The van der Waals surface area contributed by atoms with E-state index in [0.717, 1.165) is 22.5 Å². The highest BCUT2D eigenvalue weighted by Gasteiger charge is 2.18. The third kappa shape index (κ3) is 5.30. The fourth-order valence-electron chi connectivity index (χ4n) is 3.47. The van der Waals surface area contributed by atoms with Gasteiger partial charge in [0.15, 0.2) is 0 Å². The highest BCUT2D eigenvalue weighted by Crippen LogP contribution is 2.21. The summed E-state index contributed by atoms with van der Waals surface area (Å²) < 4.78 is 15.1. The van der Waals surface area contributed by atoms with Crippen LogP contribution in [0.5, 0.6) is 0 Å². The lowest BCUT2D eigenvalue weighted by Crippen LogP contribution is -2.12. The van der Waals surface area contributed by atoms with Crippen molar-refractivity contribution in [2.24, 2.45) is 0 Å². The van der Waals surface area contributed by atoms with E-state index in [0.29, 0.717) is 30.6 Å². The molecule has 0 saturated carbocycles. The topological polar surface area (TPSA) is 84.2 Å². The van der Waals surface area contributed by atoms with E-state index in [4.69, 9.17) is 11.6 Å². The van der Waals surface area contributed by atoms with Crippen molar-refractivity contribution in [2.75, 3.05) is 5.32 Å². The van der Waals surface area contributed by atoms with Gasteiger partial charge in [0, 0.05) is 22.5 Å². The van der Waals surface area contributed by atoms with Crippen LogP contribution in [0, 0.1) is 5.82 Å². The van der Waals surface area contributed by atoms with Crippen molar-refractivity contribution >= 4 is 29.2 Å². The third-order valence-electron chi connectivity index (χ3n) is 4.97. The number of hydrogen-bond donors (Lipinski definition) is 2. The Bertz CT molecular complexity index is 1110. The molecular weight excluding hydrogens is 421 g/mol. The number of halogens is 2. The first-order chi connectivity index (χ1) is 14.8. The number of hydrogen-bond acceptors (Lipinski definition) is 3. The summed E-state index contributed by atoms with van der Waals surface area (Å²) in [6.45, 7) is 4.41. The van der Waals surface area contributed by atoms with Crippen molar-refractivity contribution in [1.82, 2.24) is 9.78 Å². The number of rotatable bonds is 8. The third-order valence-corrected chi connectivity index (χ3v) is 5.26. The second kappa shape index (κ2) is 9.75. The minimum absolute atomic E-state index is 0.0428. The number of nitrogens with one attached hydrogen (secondary N) is 1. The molecule has 0 unspecified atom stereocenters. The number of aryl methyl sites for hydroxylation is 1. The largest absolute Gasteiger partial charge is 0.481 e. The number of carboxylic acid groups (broad SMARTS) is 1. The first kappa shape index (κ1) is 22.5. The molecule has 0 bridgehead atoms. The van der Waals surface area contributed by atoms with Crippen molar-refractivity contribution in [3.05, 3.63) is 81.4 Å². The summed E-state index contributed by atoms with van der Waals surface area (Å²) in [7, 11) is 0. The van der Waals surface area contributed by atoms with Gasteiger partial charge in [0.05, 0.1) is 23.7 Å². The van der Waals surface area contributed by atoms with Crippen molar-refractivity contribution < 1.29 is 19.1 Å². The number of amides is 1. The van der Waals surface area contributed by atoms with Crippen molar-refractivity contribution in [3.63, 3.8) is 0 Å². The minimum atomic E-state index is -0.873. The highest BCUT2D eigenvalue weighted by atomic mass is 35.5. The Morgan fingerprint density at radius 3 is 2.42 bits per heavy atom. The van der Waals surface area contributed by atoms with Crippen LogP contribution in [0.1, 0.15) is 46.7 Å². The fourth-order valence-corrected chi connectivity index (χ4v) is 3.65. The lowest BCUT2D eigenvalue weighted by atomic mass is 10.1. The number of carboxylic acids is 1. The lowest BCUT2D eigenvalue weighted by Gasteiger charge is -2.09. The molecule has 3 rings (SSSR count). The second-order valence-corrected chi connectivity index (χ2v) is 7.49. The summed E-state index contributed by atoms with van der Waals surface area (Å²) in [6, 6.07) is 11.0. The first-order valence-electron chi connectivity index (χ1n) is 9.96. The summed E-state index contributed by atoms with van der Waals surface area (Å²) in [6.07, 6.45) is 1.30. The van der Waals surface area contributed by atoms with E-state index in [-0.39, 0.29) is 17.4 Å². The zero-order chi connectivity index (χ0) is 22.5. The van der Waals surface area contributed by atoms with Crippen molar-refractivity contribution in [1.29, 1.82) is 0 Å². The molecule has 8 heteroatoms. The summed E-state index contributed by atoms with van der Waals surface area (Å²) in [5.74, 6) is -1.76. The van der Waals surface area contributed by atoms with Crippen LogP contribution in [0.15, 0.2) is 42.5 Å². The van der Waals surface area contributed by atoms with E-state index >= 15 is 0 Å². The molecule has 2 N–H and O–H groups in total. The molecule has 0 aliphatic carbocycles. The van der Waals surface area contributed by atoms with E-state index < -0.39 is 11.8 Å². The van der Waals surface area contributed by atoms with Crippen molar-refractivity contribution in [2.45, 2.75) is 39.7 Å². The highest BCUT2D eigenvalue weighted by molar-refractivity contribution is 6.31. The van der Waals surface area contributed by atoms with E-state index in [9.17, 15) is 19.1 Å². The average Bonchev–Trinajstić information content (AvgIpc) is 3.06. The Labute approximate surface area is 184 Å². The van der Waals surface area contributed by atoms with Crippen LogP contribution in [0.3, 0.4) is 0 Å². The molecule has 6 nitrogen and oxygen atoms in total. The Morgan fingerprint density at radius 2 is 1.84 bits per heavy atom. The molecule has 1 aromatic heterocycles. The van der Waals surface area contributed by atoms with Crippen LogP contribution in [-0.4, -0.2) is 26.8 Å². The molecule has 31 heavy (non-hydrogen) atoms. The second-order valence-electron chi connectivity index (χ2n) is 7.09. The van der Waals surface area contributed by atoms with Gasteiger partial charge in [-0.3, -0.25) is 14.3 Å². The van der Waals surface area contributed by atoms with Gasteiger partial charge in [-0.2, -0.15) is 5.10 Å². The molecule has 3 aromatic rings. The summed E-state index contributed by atoms with van der Waals surface area (Å²) in [4.78, 5) is 23.7. The maximum Gasteiger partial charge on any atom is 0.307 e. The molecule has 0 spiro atoms. The minimum Gasteiger partial charge on any atom is -0.481 e. The lowest BCUT2D eigenvalue weighted by molar-refractivity contribution is -0.136.